The van der Waals surface area contributed by atoms with E-state index in [0.29, 0.717) is 6.54 Å². The summed E-state index contributed by atoms with van der Waals surface area (Å²) in [6.45, 7) is 7.20. The second-order valence-electron chi connectivity index (χ2n) is 5.50. The fourth-order valence-corrected chi connectivity index (χ4v) is 2.41. The molecule has 1 heterocycles. The highest BCUT2D eigenvalue weighted by Crippen LogP contribution is 2.25. The van der Waals surface area contributed by atoms with Gasteiger partial charge in [0.1, 0.15) is 6.04 Å². The molecule has 0 aliphatic rings. The molecule has 0 fully saturated rings. The maximum atomic E-state index is 11.6. The van der Waals surface area contributed by atoms with Crippen LogP contribution in [0, 0.1) is 0 Å². The molecule has 0 saturated heterocycles. The highest BCUT2D eigenvalue weighted by molar-refractivity contribution is 7.09. The van der Waals surface area contributed by atoms with Gasteiger partial charge < -0.3 is 15.8 Å². The summed E-state index contributed by atoms with van der Waals surface area (Å²) in [5, 5.41) is 5.94. The molecule has 0 radical (unpaired) electrons. The number of carbonyl (C=O) groups is 1. The Morgan fingerprint density at radius 1 is 1.55 bits per heavy atom. The molecule has 1 unspecified atom stereocenters. The smallest absolute Gasteiger partial charge is 0.239 e. The van der Waals surface area contributed by atoms with Crippen LogP contribution in [0.3, 0.4) is 0 Å². The molecule has 1 aromatic heterocycles. The lowest BCUT2D eigenvalue weighted by atomic mass is 9.98. The standard InChI is InChI=1S/C13H23N3O2S.ClH/c1-13(2,3)12-16-9(8-19-12)5-6-15-11(17)10(14)7-18-4;/h8,10H,5-7,14H2,1-4H3,(H,15,17);1H. The Morgan fingerprint density at radius 3 is 2.70 bits per heavy atom. The van der Waals surface area contributed by atoms with Gasteiger partial charge >= 0.3 is 0 Å². The van der Waals surface area contributed by atoms with Crippen molar-refractivity contribution in [3.05, 3.63) is 16.1 Å². The normalized spacial score (nSPS) is 12.7. The summed E-state index contributed by atoms with van der Waals surface area (Å²) in [4.78, 5) is 16.1. The van der Waals surface area contributed by atoms with Gasteiger partial charge in [-0.1, -0.05) is 20.8 Å². The van der Waals surface area contributed by atoms with Gasteiger partial charge in [-0.25, -0.2) is 4.98 Å². The van der Waals surface area contributed by atoms with E-state index in [9.17, 15) is 4.79 Å². The first kappa shape index (κ1) is 19.3. The second-order valence-corrected chi connectivity index (χ2v) is 6.35. The Bertz CT molecular complexity index is 418. The lowest BCUT2D eigenvalue weighted by Crippen LogP contribution is -2.44. The highest BCUT2D eigenvalue weighted by Gasteiger charge is 2.18. The molecular weight excluding hydrogens is 298 g/mol. The number of hydrogen-bond acceptors (Lipinski definition) is 5. The van der Waals surface area contributed by atoms with Crippen molar-refractivity contribution in [2.75, 3.05) is 20.3 Å². The molecule has 20 heavy (non-hydrogen) atoms. The lowest BCUT2D eigenvalue weighted by Gasteiger charge is -2.13. The number of ether oxygens (including phenoxy) is 1. The van der Waals surface area contributed by atoms with Crippen LogP contribution in [-0.2, 0) is 21.4 Å². The summed E-state index contributed by atoms with van der Waals surface area (Å²) >= 11 is 1.66. The number of nitrogens with one attached hydrogen (secondary N) is 1. The third-order valence-electron chi connectivity index (χ3n) is 2.56. The molecule has 0 spiro atoms. The number of halogens is 1. The van der Waals surface area contributed by atoms with Gasteiger partial charge in [-0.3, -0.25) is 4.79 Å². The van der Waals surface area contributed by atoms with E-state index in [1.54, 1.807) is 11.3 Å². The number of methoxy groups -OCH3 is 1. The van der Waals surface area contributed by atoms with E-state index in [2.05, 4.69) is 31.1 Å². The van der Waals surface area contributed by atoms with Crippen molar-refractivity contribution in [3.8, 4) is 0 Å². The van der Waals surface area contributed by atoms with Crippen molar-refractivity contribution in [3.63, 3.8) is 0 Å². The Morgan fingerprint density at radius 2 is 2.20 bits per heavy atom. The molecule has 116 valence electrons. The molecule has 3 N–H and O–H groups in total. The van der Waals surface area contributed by atoms with E-state index in [1.807, 2.05) is 5.38 Å². The molecule has 1 amide bonds. The van der Waals surface area contributed by atoms with Crippen LogP contribution in [0.15, 0.2) is 5.38 Å². The maximum absolute atomic E-state index is 11.6. The van der Waals surface area contributed by atoms with E-state index in [0.717, 1.165) is 17.1 Å². The zero-order valence-corrected chi connectivity index (χ0v) is 14.1. The van der Waals surface area contributed by atoms with Crippen LogP contribution < -0.4 is 11.1 Å². The van der Waals surface area contributed by atoms with Gasteiger partial charge in [0.2, 0.25) is 5.91 Å². The summed E-state index contributed by atoms with van der Waals surface area (Å²) in [6.07, 6.45) is 0.720. The van der Waals surface area contributed by atoms with Crippen molar-refractivity contribution in [2.45, 2.75) is 38.6 Å². The van der Waals surface area contributed by atoms with E-state index >= 15 is 0 Å². The molecule has 0 saturated carbocycles. The molecule has 0 aliphatic carbocycles. The minimum absolute atomic E-state index is 0. The molecule has 0 bridgehead atoms. The number of nitrogens with two attached hydrogens (primary N) is 1. The molecule has 1 atom stereocenters. The van der Waals surface area contributed by atoms with E-state index in [1.165, 1.54) is 7.11 Å². The number of thiazole rings is 1. The quantitative estimate of drug-likeness (QED) is 0.832. The average molecular weight is 322 g/mol. The largest absolute Gasteiger partial charge is 0.383 e. The van der Waals surface area contributed by atoms with Crippen LogP contribution in [0.2, 0.25) is 0 Å². The van der Waals surface area contributed by atoms with Crippen LogP contribution in [0.5, 0.6) is 0 Å². The van der Waals surface area contributed by atoms with Crippen LogP contribution in [0.25, 0.3) is 0 Å². The number of hydrogen-bond donors (Lipinski definition) is 2. The second kappa shape index (κ2) is 8.56. The summed E-state index contributed by atoms with van der Waals surface area (Å²) in [6, 6.07) is -0.606. The minimum Gasteiger partial charge on any atom is -0.383 e. The van der Waals surface area contributed by atoms with Gasteiger partial charge in [0.05, 0.1) is 17.3 Å². The summed E-state index contributed by atoms with van der Waals surface area (Å²) in [7, 11) is 1.52. The third-order valence-corrected chi connectivity index (χ3v) is 3.87. The third kappa shape index (κ3) is 6.17. The van der Waals surface area contributed by atoms with Crippen molar-refractivity contribution in [1.29, 1.82) is 0 Å². The molecular formula is C13H24ClN3O2S. The summed E-state index contributed by atoms with van der Waals surface area (Å²) < 4.78 is 4.83. The zero-order chi connectivity index (χ0) is 14.5. The molecule has 0 aliphatic heterocycles. The Balaban J connectivity index is 0.00000361. The van der Waals surface area contributed by atoms with E-state index < -0.39 is 6.04 Å². The van der Waals surface area contributed by atoms with E-state index in [4.69, 9.17) is 10.5 Å². The molecule has 7 heteroatoms. The van der Waals surface area contributed by atoms with Crippen LogP contribution in [-0.4, -0.2) is 37.2 Å². The van der Waals surface area contributed by atoms with Crippen LogP contribution in [0.1, 0.15) is 31.5 Å². The first-order chi connectivity index (χ1) is 8.84. The Hall–Kier alpha value is -0.690. The van der Waals surface area contributed by atoms with Gasteiger partial charge in [-0.05, 0) is 0 Å². The van der Waals surface area contributed by atoms with Gasteiger partial charge in [-0.2, -0.15) is 0 Å². The van der Waals surface area contributed by atoms with Crippen molar-refractivity contribution in [2.24, 2.45) is 5.73 Å². The predicted molar refractivity (Wildman–Crippen MR) is 84.6 cm³/mol. The maximum Gasteiger partial charge on any atom is 0.239 e. The van der Waals surface area contributed by atoms with Gasteiger partial charge in [0.25, 0.3) is 0 Å². The Labute approximate surface area is 130 Å². The van der Waals surface area contributed by atoms with Crippen molar-refractivity contribution in [1.82, 2.24) is 10.3 Å². The fraction of sp³-hybridized carbons (Fsp3) is 0.692. The number of aromatic nitrogens is 1. The van der Waals surface area contributed by atoms with Crippen molar-refractivity contribution < 1.29 is 9.53 Å². The van der Waals surface area contributed by atoms with Gasteiger partial charge in [-0.15, -0.1) is 23.7 Å². The number of amides is 1. The van der Waals surface area contributed by atoms with Gasteiger partial charge in [0.15, 0.2) is 0 Å². The first-order valence-electron chi connectivity index (χ1n) is 6.31. The minimum atomic E-state index is -0.606. The van der Waals surface area contributed by atoms with Gasteiger partial charge in [0, 0.05) is 30.9 Å². The summed E-state index contributed by atoms with van der Waals surface area (Å²) in [5.41, 5.74) is 6.70. The number of rotatable bonds is 6. The predicted octanol–water partition coefficient (Wildman–Crippen LogP) is 1.49. The molecule has 5 nitrogen and oxygen atoms in total. The first-order valence-corrected chi connectivity index (χ1v) is 7.19. The Kier molecular flexibility index (Phi) is 8.27. The summed E-state index contributed by atoms with van der Waals surface area (Å²) in [5.74, 6) is -0.187. The monoisotopic (exact) mass is 321 g/mol. The number of carbonyl (C=O) groups excluding carboxylic acids is 1. The van der Waals surface area contributed by atoms with Crippen LogP contribution >= 0.6 is 23.7 Å². The van der Waals surface area contributed by atoms with E-state index in [-0.39, 0.29) is 30.3 Å². The average Bonchev–Trinajstić information content (AvgIpc) is 2.77. The lowest BCUT2D eigenvalue weighted by molar-refractivity contribution is -0.123. The highest BCUT2D eigenvalue weighted by atomic mass is 35.5. The van der Waals surface area contributed by atoms with Crippen LogP contribution in [0.4, 0.5) is 0 Å². The molecule has 1 rings (SSSR count). The topological polar surface area (TPSA) is 77.2 Å². The SMILES string of the molecule is COCC(N)C(=O)NCCc1csc(C(C)(C)C)n1.Cl. The molecule has 0 aromatic carbocycles. The van der Waals surface area contributed by atoms with Crippen molar-refractivity contribution >= 4 is 29.7 Å². The molecule has 1 aromatic rings. The fourth-order valence-electron chi connectivity index (χ4n) is 1.47. The zero-order valence-electron chi connectivity index (χ0n) is 12.4. The number of nitrogens with zero attached hydrogens (tertiary/aromatic N) is 1.